The van der Waals surface area contributed by atoms with E-state index in [1.165, 1.54) is 5.69 Å². The first-order chi connectivity index (χ1) is 10.3. The van der Waals surface area contributed by atoms with Crippen molar-refractivity contribution in [3.05, 3.63) is 30.3 Å². The Bertz CT molecular complexity index is 460. The predicted molar refractivity (Wildman–Crippen MR) is 82.5 cm³/mol. The van der Waals surface area contributed by atoms with Gasteiger partial charge in [0.15, 0.2) is 0 Å². The highest BCUT2D eigenvalue weighted by Gasteiger charge is 2.24. The maximum atomic E-state index is 11.9. The van der Waals surface area contributed by atoms with Crippen LogP contribution in [0.3, 0.4) is 0 Å². The average molecular weight is 289 g/mol. The van der Waals surface area contributed by atoms with Crippen molar-refractivity contribution in [3.63, 3.8) is 0 Å². The standard InChI is InChI=1S/C16H23N3O2/c20-16(17-10-13-7-9-21-12-13)18-14-6-8-19(11-14)15-4-2-1-3-5-15/h1-5,13-14H,6-12H2,(H2,17,18,20). The minimum absolute atomic E-state index is 0.0539. The third-order valence-corrected chi connectivity index (χ3v) is 4.22. The first-order valence-corrected chi connectivity index (χ1v) is 7.73. The van der Waals surface area contributed by atoms with E-state index >= 15 is 0 Å². The van der Waals surface area contributed by atoms with Gasteiger partial charge in [-0.15, -0.1) is 0 Å². The Kier molecular flexibility index (Phi) is 4.60. The summed E-state index contributed by atoms with van der Waals surface area (Å²) in [5.74, 6) is 0.472. The fraction of sp³-hybridized carbons (Fsp3) is 0.562. The summed E-state index contributed by atoms with van der Waals surface area (Å²) in [7, 11) is 0. The largest absolute Gasteiger partial charge is 0.381 e. The molecule has 21 heavy (non-hydrogen) atoms. The van der Waals surface area contributed by atoms with Crippen molar-refractivity contribution in [1.29, 1.82) is 0 Å². The molecule has 2 aliphatic rings. The van der Waals surface area contributed by atoms with Crippen molar-refractivity contribution in [2.24, 2.45) is 5.92 Å². The molecule has 2 atom stereocenters. The van der Waals surface area contributed by atoms with Crippen LogP contribution in [0.2, 0.25) is 0 Å². The molecule has 114 valence electrons. The molecule has 5 heteroatoms. The van der Waals surface area contributed by atoms with Gasteiger partial charge >= 0.3 is 6.03 Å². The summed E-state index contributed by atoms with van der Waals surface area (Å²) in [6.45, 7) is 4.17. The van der Waals surface area contributed by atoms with Crippen molar-refractivity contribution in [3.8, 4) is 0 Å². The van der Waals surface area contributed by atoms with Crippen molar-refractivity contribution in [2.45, 2.75) is 18.9 Å². The maximum Gasteiger partial charge on any atom is 0.315 e. The number of anilines is 1. The molecule has 0 aromatic heterocycles. The summed E-state index contributed by atoms with van der Waals surface area (Å²) in [4.78, 5) is 14.2. The lowest BCUT2D eigenvalue weighted by molar-refractivity contribution is 0.185. The molecular weight excluding hydrogens is 266 g/mol. The molecule has 0 saturated carbocycles. The van der Waals surface area contributed by atoms with Crippen LogP contribution in [0.1, 0.15) is 12.8 Å². The van der Waals surface area contributed by atoms with Crippen LogP contribution in [0.5, 0.6) is 0 Å². The Morgan fingerprint density at radius 2 is 2.14 bits per heavy atom. The van der Waals surface area contributed by atoms with Crippen molar-refractivity contribution >= 4 is 11.7 Å². The molecule has 3 rings (SSSR count). The molecule has 2 N–H and O–H groups in total. The second-order valence-corrected chi connectivity index (χ2v) is 5.85. The number of benzene rings is 1. The number of carbonyl (C=O) groups is 1. The lowest BCUT2D eigenvalue weighted by atomic mass is 10.1. The number of para-hydroxylation sites is 1. The molecular formula is C16H23N3O2. The first kappa shape index (κ1) is 14.2. The van der Waals surface area contributed by atoms with E-state index in [1.54, 1.807) is 0 Å². The molecule has 0 radical (unpaired) electrons. The number of nitrogens with zero attached hydrogens (tertiary/aromatic N) is 1. The Morgan fingerprint density at radius 3 is 2.90 bits per heavy atom. The predicted octanol–water partition coefficient (Wildman–Crippen LogP) is 1.60. The summed E-state index contributed by atoms with van der Waals surface area (Å²) >= 11 is 0. The number of hydrogen-bond acceptors (Lipinski definition) is 3. The summed E-state index contributed by atoms with van der Waals surface area (Å²) in [5, 5.41) is 6.03. The molecule has 2 amide bonds. The Balaban J connectivity index is 1.41. The smallest absolute Gasteiger partial charge is 0.315 e. The molecule has 2 aliphatic heterocycles. The normalized spacial score (nSPS) is 25.0. The fourth-order valence-corrected chi connectivity index (χ4v) is 2.97. The topological polar surface area (TPSA) is 53.6 Å². The van der Waals surface area contributed by atoms with Gasteiger partial charge in [-0.25, -0.2) is 4.79 Å². The number of rotatable bonds is 4. The average Bonchev–Trinajstić information content (AvgIpc) is 3.17. The number of urea groups is 1. The van der Waals surface area contributed by atoms with Gasteiger partial charge in [-0.2, -0.15) is 0 Å². The van der Waals surface area contributed by atoms with Gasteiger partial charge in [-0.05, 0) is 25.0 Å². The highest BCUT2D eigenvalue weighted by molar-refractivity contribution is 5.74. The van der Waals surface area contributed by atoms with E-state index in [2.05, 4.69) is 27.7 Å². The van der Waals surface area contributed by atoms with Gasteiger partial charge in [0.1, 0.15) is 0 Å². The lowest BCUT2D eigenvalue weighted by Crippen LogP contribution is -2.44. The first-order valence-electron chi connectivity index (χ1n) is 7.73. The number of amides is 2. The minimum atomic E-state index is -0.0539. The number of carbonyl (C=O) groups excluding carboxylic acids is 1. The van der Waals surface area contributed by atoms with Crippen LogP contribution in [-0.2, 0) is 4.74 Å². The summed E-state index contributed by atoms with van der Waals surface area (Å²) < 4.78 is 5.31. The molecule has 2 saturated heterocycles. The zero-order valence-corrected chi connectivity index (χ0v) is 12.3. The summed E-state index contributed by atoms with van der Waals surface area (Å²) in [5.41, 5.74) is 1.23. The van der Waals surface area contributed by atoms with Gasteiger partial charge in [0.25, 0.3) is 0 Å². The van der Waals surface area contributed by atoms with Gasteiger partial charge in [-0.1, -0.05) is 18.2 Å². The Labute approximate surface area is 125 Å². The van der Waals surface area contributed by atoms with E-state index in [0.717, 1.165) is 39.1 Å². The Morgan fingerprint density at radius 1 is 1.29 bits per heavy atom. The van der Waals surface area contributed by atoms with E-state index < -0.39 is 0 Å². The molecule has 0 spiro atoms. The van der Waals surface area contributed by atoms with E-state index in [4.69, 9.17) is 4.74 Å². The van der Waals surface area contributed by atoms with E-state index in [9.17, 15) is 4.79 Å². The molecule has 2 fully saturated rings. The quantitative estimate of drug-likeness (QED) is 0.885. The van der Waals surface area contributed by atoms with E-state index in [1.807, 2.05) is 18.2 Å². The second-order valence-electron chi connectivity index (χ2n) is 5.85. The molecule has 2 unspecified atom stereocenters. The van der Waals surface area contributed by atoms with Crippen molar-refractivity contribution in [1.82, 2.24) is 10.6 Å². The van der Waals surface area contributed by atoms with Gasteiger partial charge < -0.3 is 20.3 Å². The summed E-state index contributed by atoms with van der Waals surface area (Å²) in [6, 6.07) is 10.5. The van der Waals surface area contributed by atoms with Crippen molar-refractivity contribution in [2.75, 3.05) is 37.7 Å². The fourth-order valence-electron chi connectivity index (χ4n) is 2.97. The zero-order valence-electron chi connectivity index (χ0n) is 12.3. The van der Waals surface area contributed by atoms with Crippen molar-refractivity contribution < 1.29 is 9.53 Å². The van der Waals surface area contributed by atoms with Crippen LogP contribution in [0.15, 0.2) is 30.3 Å². The maximum absolute atomic E-state index is 11.9. The molecule has 0 aliphatic carbocycles. The van der Waals surface area contributed by atoms with E-state index in [-0.39, 0.29) is 12.1 Å². The van der Waals surface area contributed by atoms with Crippen LogP contribution in [0.25, 0.3) is 0 Å². The highest BCUT2D eigenvalue weighted by atomic mass is 16.5. The molecule has 5 nitrogen and oxygen atoms in total. The van der Waals surface area contributed by atoms with E-state index in [0.29, 0.717) is 12.5 Å². The van der Waals surface area contributed by atoms with Crippen LogP contribution < -0.4 is 15.5 Å². The molecule has 2 heterocycles. The number of nitrogens with one attached hydrogen (secondary N) is 2. The number of hydrogen-bond donors (Lipinski definition) is 2. The molecule has 0 bridgehead atoms. The van der Waals surface area contributed by atoms with Crippen LogP contribution >= 0.6 is 0 Å². The monoisotopic (exact) mass is 289 g/mol. The van der Waals surface area contributed by atoms with Crippen LogP contribution in [-0.4, -0.2) is 44.9 Å². The third-order valence-electron chi connectivity index (χ3n) is 4.22. The van der Waals surface area contributed by atoms with Gasteiger partial charge in [0.2, 0.25) is 0 Å². The van der Waals surface area contributed by atoms with Crippen LogP contribution in [0, 0.1) is 5.92 Å². The highest BCUT2D eigenvalue weighted by Crippen LogP contribution is 2.19. The van der Waals surface area contributed by atoms with Gasteiger partial charge in [-0.3, -0.25) is 0 Å². The van der Waals surface area contributed by atoms with Gasteiger partial charge in [0.05, 0.1) is 6.61 Å². The summed E-state index contributed by atoms with van der Waals surface area (Å²) in [6.07, 6.45) is 2.04. The lowest BCUT2D eigenvalue weighted by Gasteiger charge is -2.19. The number of ether oxygens (including phenoxy) is 1. The van der Waals surface area contributed by atoms with Crippen LogP contribution in [0.4, 0.5) is 10.5 Å². The molecule has 1 aromatic rings. The van der Waals surface area contributed by atoms with Gasteiger partial charge in [0, 0.05) is 43.9 Å². The SMILES string of the molecule is O=C(NCC1CCOC1)NC1CCN(c2ccccc2)C1. The third kappa shape index (κ3) is 3.88. The second kappa shape index (κ2) is 6.80. The Hall–Kier alpha value is -1.75. The zero-order chi connectivity index (χ0) is 14.5. The molecule has 1 aromatic carbocycles. The minimum Gasteiger partial charge on any atom is -0.381 e.